The summed E-state index contributed by atoms with van der Waals surface area (Å²) in [6, 6.07) is 8.71. The monoisotopic (exact) mass is 350 g/mol. The van der Waals surface area contributed by atoms with Crippen molar-refractivity contribution in [3.63, 3.8) is 0 Å². The van der Waals surface area contributed by atoms with Crippen molar-refractivity contribution >= 4 is 28.9 Å². The number of amides is 2. The largest absolute Gasteiger partial charge is 0.478 e. The molecule has 0 aliphatic carbocycles. The summed E-state index contributed by atoms with van der Waals surface area (Å²) in [7, 11) is 0. The van der Waals surface area contributed by atoms with Gasteiger partial charge in [0.15, 0.2) is 23.5 Å². The van der Waals surface area contributed by atoms with Crippen molar-refractivity contribution in [3.05, 3.63) is 52.0 Å². The summed E-state index contributed by atoms with van der Waals surface area (Å²) in [5.41, 5.74) is 4.41. The summed E-state index contributed by atoms with van der Waals surface area (Å²) in [5, 5.41) is 0. The molecule has 0 saturated carbocycles. The van der Waals surface area contributed by atoms with E-state index < -0.39 is 23.7 Å². The van der Waals surface area contributed by atoms with Gasteiger partial charge in [0.1, 0.15) is 0 Å². The lowest BCUT2D eigenvalue weighted by atomic mass is 10.3. The number of carbonyl (C=O) groups is 3. The number of benzene rings is 1. The molecular formula is C16H15FN2O4S. The lowest BCUT2D eigenvalue weighted by Crippen LogP contribution is -2.47. The summed E-state index contributed by atoms with van der Waals surface area (Å²) >= 11 is 1.02. The number of thiophene rings is 1. The number of rotatable bonds is 5. The summed E-state index contributed by atoms with van der Waals surface area (Å²) in [6.45, 7) is 2.82. The number of hydrogen-bond acceptors (Lipinski definition) is 5. The van der Waals surface area contributed by atoms with Gasteiger partial charge in [-0.3, -0.25) is 25.2 Å². The smallest absolute Gasteiger partial charge is 0.279 e. The number of ketones is 1. The molecule has 0 aliphatic heterocycles. The fourth-order valence-corrected chi connectivity index (χ4v) is 2.51. The van der Waals surface area contributed by atoms with Crippen LogP contribution >= 0.6 is 11.3 Å². The average Bonchev–Trinajstić information content (AvgIpc) is 3.04. The second-order valence-corrected chi connectivity index (χ2v) is 5.94. The van der Waals surface area contributed by atoms with E-state index >= 15 is 0 Å². The second-order valence-electron chi connectivity index (χ2n) is 4.85. The maximum absolute atomic E-state index is 13.5. The second kappa shape index (κ2) is 7.69. The van der Waals surface area contributed by atoms with Crippen LogP contribution in [0.15, 0.2) is 36.4 Å². The van der Waals surface area contributed by atoms with Gasteiger partial charge in [-0.15, -0.1) is 11.3 Å². The van der Waals surface area contributed by atoms with Gasteiger partial charge in [0, 0.05) is 0 Å². The Kier molecular flexibility index (Phi) is 5.64. The molecule has 1 aromatic heterocycles. The molecule has 0 saturated heterocycles. The minimum absolute atomic E-state index is 0.0594. The number of hydrazine groups is 1. The molecule has 0 fully saturated rings. The molecule has 8 heteroatoms. The maximum Gasteiger partial charge on any atom is 0.279 e. The van der Waals surface area contributed by atoms with Crippen LogP contribution in [0.3, 0.4) is 0 Å². The number of nitrogens with one attached hydrogen (secondary N) is 2. The van der Waals surface area contributed by atoms with E-state index in [2.05, 4.69) is 10.9 Å². The molecule has 1 atom stereocenters. The highest BCUT2D eigenvalue weighted by Gasteiger charge is 2.18. The highest BCUT2D eigenvalue weighted by atomic mass is 32.1. The van der Waals surface area contributed by atoms with E-state index in [1.165, 1.54) is 44.2 Å². The molecule has 0 bridgehead atoms. The van der Waals surface area contributed by atoms with Gasteiger partial charge in [0.2, 0.25) is 0 Å². The third-order valence-corrected chi connectivity index (χ3v) is 4.17. The van der Waals surface area contributed by atoms with Gasteiger partial charge in [-0.05, 0) is 38.1 Å². The predicted molar refractivity (Wildman–Crippen MR) is 86.4 cm³/mol. The zero-order valence-corrected chi connectivity index (χ0v) is 13.8. The van der Waals surface area contributed by atoms with Crippen molar-refractivity contribution in [1.82, 2.24) is 10.9 Å². The molecule has 126 valence electrons. The highest BCUT2D eigenvalue weighted by Crippen LogP contribution is 2.17. The average molecular weight is 350 g/mol. The Hall–Kier alpha value is -2.74. The van der Waals surface area contributed by atoms with Gasteiger partial charge in [0.05, 0.1) is 9.75 Å². The molecule has 6 nitrogen and oxygen atoms in total. The molecule has 0 spiro atoms. The lowest BCUT2D eigenvalue weighted by Gasteiger charge is -2.15. The van der Waals surface area contributed by atoms with Gasteiger partial charge in [0.25, 0.3) is 11.8 Å². The molecule has 2 rings (SSSR count). The Balaban J connectivity index is 1.88. The van der Waals surface area contributed by atoms with Crippen molar-refractivity contribution in [3.8, 4) is 5.75 Å². The third kappa shape index (κ3) is 4.39. The van der Waals surface area contributed by atoms with Crippen LogP contribution in [0.2, 0.25) is 0 Å². The predicted octanol–water partition coefficient (Wildman–Crippen LogP) is 2.32. The topological polar surface area (TPSA) is 84.5 Å². The van der Waals surface area contributed by atoms with Gasteiger partial charge in [-0.1, -0.05) is 12.1 Å². The molecule has 1 heterocycles. The van der Waals surface area contributed by atoms with Gasteiger partial charge in [-0.2, -0.15) is 0 Å². The van der Waals surface area contributed by atoms with Crippen molar-refractivity contribution in [1.29, 1.82) is 0 Å². The van der Waals surface area contributed by atoms with Crippen LogP contribution in [-0.2, 0) is 4.79 Å². The number of ether oxygens (including phenoxy) is 1. The zero-order chi connectivity index (χ0) is 17.7. The number of para-hydroxylation sites is 1. The highest BCUT2D eigenvalue weighted by molar-refractivity contribution is 7.15. The van der Waals surface area contributed by atoms with Gasteiger partial charge in [-0.25, -0.2) is 4.39 Å². The van der Waals surface area contributed by atoms with Crippen molar-refractivity contribution in [2.24, 2.45) is 0 Å². The molecule has 2 N–H and O–H groups in total. The quantitative estimate of drug-likeness (QED) is 0.640. The summed E-state index contributed by atoms with van der Waals surface area (Å²) in [4.78, 5) is 35.7. The van der Waals surface area contributed by atoms with E-state index in [0.29, 0.717) is 4.88 Å². The normalized spacial score (nSPS) is 11.5. The Morgan fingerprint density at radius 1 is 1.08 bits per heavy atom. The van der Waals surface area contributed by atoms with Gasteiger partial charge < -0.3 is 4.74 Å². The Labute approximate surface area is 141 Å². The van der Waals surface area contributed by atoms with E-state index in [0.717, 1.165) is 11.3 Å². The van der Waals surface area contributed by atoms with Crippen LogP contribution in [0, 0.1) is 5.82 Å². The van der Waals surface area contributed by atoms with Crippen LogP contribution in [0.4, 0.5) is 4.39 Å². The SMILES string of the molecule is CC(=O)c1ccc(C(=O)NNC(=O)[C@@H](C)Oc2ccccc2F)s1. The first-order chi connectivity index (χ1) is 11.4. The summed E-state index contributed by atoms with van der Waals surface area (Å²) < 4.78 is 18.7. The Bertz CT molecular complexity index is 775. The minimum atomic E-state index is -1.02. The number of hydrogen-bond donors (Lipinski definition) is 2. The fourth-order valence-electron chi connectivity index (χ4n) is 1.72. The molecule has 2 amide bonds. The Morgan fingerprint density at radius 3 is 2.38 bits per heavy atom. The minimum Gasteiger partial charge on any atom is -0.478 e. The fraction of sp³-hybridized carbons (Fsp3) is 0.188. The van der Waals surface area contributed by atoms with Crippen LogP contribution in [-0.4, -0.2) is 23.7 Å². The van der Waals surface area contributed by atoms with E-state index in [4.69, 9.17) is 4.74 Å². The van der Waals surface area contributed by atoms with Crippen molar-refractivity contribution in [2.45, 2.75) is 20.0 Å². The van der Waals surface area contributed by atoms with Crippen LogP contribution in [0.1, 0.15) is 33.2 Å². The molecule has 0 radical (unpaired) electrons. The standard InChI is InChI=1S/C16H15FN2O4S/c1-9(20)13-7-8-14(24-13)16(22)19-18-15(21)10(2)23-12-6-4-3-5-11(12)17/h3-8,10H,1-2H3,(H,18,21)(H,19,22)/t10-/m1/s1. The van der Waals surface area contributed by atoms with Crippen LogP contribution in [0.25, 0.3) is 0 Å². The summed E-state index contributed by atoms with van der Waals surface area (Å²) in [5.74, 6) is -1.99. The number of halogens is 1. The van der Waals surface area contributed by atoms with E-state index in [1.54, 1.807) is 6.07 Å². The van der Waals surface area contributed by atoms with Crippen LogP contribution < -0.4 is 15.6 Å². The molecule has 0 unspecified atom stereocenters. The molecular weight excluding hydrogens is 335 g/mol. The number of carbonyl (C=O) groups excluding carboxylic acids is 3. The number of Topliss-reactive ketones (excluding diaryl/α,β-unsaturated/α-hetero) is 1. The first kappa shape index (κ1) is 17.6. The van der Waals surface area contributed by atoms with Crippen molar-refractivity contribution < 1.29 is 23.5 Å². The van der Waals surface area contributed by atoms with Crippen LogP contribution in [0.5, 0.6) is 5.75 Å². The molecule has 24 heavy (non-hydrogen) atoms. The van der Waals surface area contributed by atoms with Gasteiger partial charge >= 0.3 is 0 Å². The summed E-state index contributed by atoms with van der Waals surface area (Å²) in [6.07, 6.45) is -1.02. The van der Waals surface area contributed by atoms with E-state index in [9.17, 15) is 18.8 Å². The zero-order valence-electron chi connectivity index (χ0n) is 13.0. The first-order valence-electron chi connectivity index (χ1n) is 7.00. The maximum atomic E-state index is 13.5. The molecule has 2 aromatic rings. The van der Waals surface area contributed by atoms with E-state index in [1.807, 2.05) is 0 Å². The molecule has 1 aromatic carbocycles. The van der Waals surface area contributed by atoms with Crippen molar-refractivity contribution in [2.75, 3.05) is 0 Å². The third-order valence-electron chi connectivity index (χ3n) is 2.99. The Morgan fingerprint density at radius 2 is 1.75 bits per heavy atom. The lowest BCUT2D eigenvalue weighted by molar-refractivity contribution is -0.128. The first-order valence-corrected chi connectivity index (χ1v) is 7.82. The molecule has 0 aliphatic rings. The van der Waals surface area contributed by atoms with E-state index in [-0.39, 0.29) is 16.4 Å².